The first-order valence-corrected chi connectivity index (χ1v) is 1.93. The molecule has 0 spiro atoms. The molecule has 0 unspecified atom stereocenters. The second-order valence-corrected chi connectivity index (χ2v) is 1.52. The fraction of sp³-hybridized carbons (Fsp3) is 1.00. The number of quaternary nitrogens is 1. The van der Waals surface area contributed by atoms with Crippen molar-refractivity contribution < 1.29 is 5.73 Å². The average molecular weight is 73.1 g/mol. The maximum absolute atomic E-state index is 3.78. The third kappa shape index (κ3) is 0.412. The Bertz CT molecular complexity index is 31.9. The normalized spacial score (nSPS) is 25.8. The molecule has 1 aliphatic heterocycles. The van der Waals surface area contributed by atoms with Crippen LogP contribution in [0.15, 0.2) is 0 Å². The average Bonchev–Trinajstić information content (AvgIpc) is 1.30. The van der Waals surface area contributed by atoms with Crippen molar-refractivity contribution in [3.05, 3.63) is 0 Å². The number of hydrogen-bond acceptors (Lipinski definition) is 1. The van der Waals surface area contributed by atoms with Crippen LogP contribution in [0.1, 0.15) is 0 Å². The third-order valence-corrected chi connectivity index (χ3v) is 0.866. The Morgan fingerprint density at radius 3 is 2.00 bits per heavy atom. The Kier molecular flexibility index (Phi) is 0.596. The SMILES string of the molecule is [NH3+]C1CNC1. The predicted molar refractivity (Wildman–Crippen MR) is 19.5 cm³/mol. The maximum Gasteiger partial charge on any atom is 0.110 e. The van der Waals surface area contributed by atoms with Crippen LogP contribution in [0.2, 0.25) is 0 Å². The molecule has 1 aliphatic rings. The van der Waals surface area contributed by atoms with Crippen LogP contribution in [-0.4, -0.2) is 19.1 Å². The van der Waals surface area contributed by atoms with Crippen LogP contribution in [0.5, 0.6) is 0 Å². The van der Waals surface area contributed by atoms with Crippen LogP contribution >= 0.6 is 0 Å². The van der Waals surface area contributed by atoms with E-state index in [-0.39, 0.29) is 0 Å². The molecule has 30 valence electrons. The zero-order chi connectivity index (χ0) is 3.70. The molecule has 0 aromatic heterocycles. The van der Waals surface area contributed by atoms with Gasteiger partial charge in [-0.2, -0.15) is 0 Å². The summed E-state index contributed by atoms with van der Waals surface area (Å²) in [5.74, 6) is 0. The predicted octanol–water partition coefficient (Wildman–Crippen LogP) is -1.80. The van der Waals surface area contributed by atoms with E-state index in [4.69, 9.17) is 0 Å². The van der Waals surface area contributed by atoms with E-state index in [1.165, 1.54) is 0 Å². The molecule has 1 heterocycles. The van der Waals surface area contributed by atoms with E-state index in [1.54, 1.807) is 0 Å². The van der Waals surface area contributed by atoms with Crippen molar-refractivity contribution in [3.8, 4) is 0 Å². The van der Waals surface area contributed by atoms with Gasteiger partial charge in [-0.1, -0.05) is 0 Å². The molecule has 0 aliphatic carbocycles. The van der Waals surface area contributed by atoms with Crippen molar-refractivity contribution in [2.75, 3.05) is 13.1 Å². The van der Waals surface area contributed by atoms with Crippen LogP contribution in [0.25, 0.3) is 0 Å². The van der Waals surface area contributed by atoms with Crippen LogP contribution in [0.3, 0.4) is 0 Å². The van der Waals surface area contributed by atoms with Crippen LogP contribution in [-0.2, 0) is 0 Å². The van der Waals surface area contributed by atoms with Gasteiger partial charge in [-0.15, -0.1) is 0 Å². The lowest BCUT2D eigenvalue weighted by Gasteiger charge is -2.17. The first kappa shape index (κ1) is 3.12. The second kappa shape index (κ2) is 0.954. The van der Waals surface area contributed by atoms with Crippen LogP contribution in [0, 0.1) is 0 Å². The summed E-state index contributed by atoms with van der Waals surface area (Å²) in [6.07, 6.45) is 0. The highest BCUT2D eigenvalue weighted by Gasteiger charge is 2.12. The molecule has 0 saturated carbocycles. The van der Waals surface area contributed by atoms with E-state index >= 15 is 0 Å². The van der Waals surface area contributed by atoms with Gasteiger partial charge in [0.05, 0.1) is 0 Å². The fourth-order valence-electron chi connectivity index (χ4n) is 0.348. The molecule has 1 saturated heterocycles. The first-order valence-electron chi connectivity index (χ1n) is 1.93. The Morgan fingerprint density at radius 2 is 2.00 bits per heavy atom. The molecule has 0 radical (unpaired) electrons. The smallest absolute Gasteiger partial charge is 0.110 e. The van der Waals surface area contributed by atoms with Crippen molar-refractivity contribution in [1.82, 2.24) is 5.32 Å². The molecule has 0 atom stereocenters. The third-order valence-electron chi connectivity index (χ3n) is 0.866. The largest absolute Gasteiger partial charge is 0.353 e. The summed E-state index contributed by atoms with van der Waals surface area (Å²) in [6, 6.07) is 0.704. The van der Waals surface area contributed by atoms with Gasteiger partial charge in [-0.05, 0) is 0 Å². The quantitative estimate of drug-likeness (QED) is 0.349. The summed E-state index contributed by atoms with van der Waals surface area (Å²) in [4.78, 5) is 0. The zero-order valence-corrected chi connectivity index (χ0v) is 3.20. The van der Waals surface area contributed by atoms with E-state index in [0.717, 1.165) is 13.1 Å². The highest BCUT2D eigenvalue weighted by atomic mass is 15.0. The van der Waals surface area contributed by atoms with Gasteiger partial charge < -0.3 is 11.1 Å². The molecule has 0 amide bonds. The fourth-order valence-corrected chi connectivity index (χ4v) is 0.348. The van der Waals surface area contributed by atoms with E-state index in [1.807, 2.05) is 0 Å². The lowest BCUT2D eigenvalue weighted by molar-refractivity contribution is -0.428. The van der Waals surface area contributed by atoms with Crippen molar-refractivity contribution in [3.63, 3.8) is 0 Å². The molecule has 2 heteroatoms. The van der Waals surface area contributed by atoms with Crippen LogP contribution < -0.4 is 11.1 Å². The lowest BCUT2D eigenvalue weighted by atomic mass is 10.2. The second-order valence-electron chi connectivity index (χ2n) is 1.52. The summed E-state index contributed by atoms with van der Waals surface area (Å²) < 4.78 is 0. The van der Waals surface area contributed by atoms with Gasteiger partial charge in [0.1, 0.15) is 6.04 Å². The van der Waals surface area contributed by atoms with Crippen molar-refractivity contribution in [2.45, 2.75) is 6.04 Å². The van der Waals surface area contributed by atoms with E-state index in [2.05, 4.69) is 11.1 Å². The molecule has 2 nitrogen and oxygen atoms in total. The minimum atomic E-state index is 0.704. The van der Waals surface area contributed by atoms with Crippen molar-refractivity contribution in [1.29, 1.82) is 0 Å². The van der Waals surface area contributed by atoms with Crippen molar-refractivity contribution >= 4 is 0 Å². The topological polar surface area (TPSA) is 39.7 Å². The van der Waals surface area contributed by atoms with Crippen molar-refractivity contribution in [2.24, 2.45) is 0 Å². The van der Waals surface area contributed by atoms with Gasteiger partial charge in [0.2, 0.25) is 0 Å². The molecular weight excluding hydrogens is 64.0 g/mol. The summed E-state index contributed by atoms with van der Waals surface area (Å²) in [5.41, 5.74) is 3.78. The molecule has 0 bridgehead atoms. The van der Waals surface area contributed by atoms with Gasteiger partial charge in [0.15, 0.2) is 0 Å². The number of rotatable bonds is 0. The van der Waals surface area contributed by atoms with E-state index in [9.17, 15) is 0 Å². The molecule has 4 N–H and O–H groups in total. The minimum absolute atomic E-state index is 0.704. The summed E-state index contributed by atoms with van der Waals surface area (Å²) >= 11 is 0. The minimum Gasteiger partial charge on any atom is -0.353 e. The molecular formula is C3H9N2+. The molecule has 1 fully saturated rings. The maximum atomic E-state index is 3.78. The summed E-state index contributed by atoms with van der Waals surface area (Å²) in [6.45, 7) is 2.25. The number of nitrogens with one attached hydrogen (secondary N) is 1. The Labute approximate surface area is 31.4 Å². The Balaban J connectivity index is 2.08. The van der Waals surface area contributed by atoms with Gasteiger partial charge in [0.25, 0.3) is 0 Å². The first-order chi connectivity index (χ1) is 2.39. The monoisotopic (exact) mass is 73.1 g/mol. The zero-order valence-electron chi connectivity index (χ0n) is 3.20. The molecule has 0 aromatic carbocycles. The van der Waals surface area contributed by atoms with Crippen LogP contribution in [0.4, 0.5) is 0 Å². The Hall–Kier alpha value is -0.0800. The highest BCUT2D eigenvalue weighted by Crippen LogP contribution is 1.77. The summed E-state index contributed by atoms with van der Waals surface area (Å²) in [7, 11) is 0. The lowest BCUT2D eigenvalue weighted by Crippen LogP contribution is -2.74. The van der Waals surface area contributed by atoms with Gasteiger partial charge >= 0.3 is 0 Å². The highest BCUT2D eigenvalue weighted by molar-refractivity contribution is 4.69. The standard InChI is InChI=1S/C3H8N2/c4-3-1-5-2-3/h3,5H,1-2,4H2/p+1. The van der Waals surface area contributed by atoms with Gasteiger partial charge in [-0.25, -0.2) is 0 Å². The molecule has 1 rings (SSSR count). The Morgan fingerprint density at radius 1 is 1.60 bits per heavy atom. The summed E-state index contributed by atoms with van der Waals surface area (Å²) in [5, 5.41) is 3.10. The van der Waals surface area contributed by atoms with Gasteiger partial charge in [-0.3, -0.25) is 0 Å². The van der Waals surface area contributed by atoms with Gasteiger partial charge in [0, 0.05) is 13.1 Å². The molecule has 5 heavy (non-hydrogen) atoms. The molecule has 0 aromatic rings. The van der Waals surface area contributed by atoms with E-state index in [0.29, 0.717) is 6.04 Å². The van der Waals surface area contributed by atoms with E-state index < -0.39 is 0 Å². The number of hydrogen-bond donors (Lipinski definition) is 2.